The van der Waals surface area contributed by atoms with Gasteiger partial charge in [-0.3, -0.25) is 9.59 Å². The summed E-state index contributed by atoms with van der Waals surface area (Å²) in [6.45, 7) is 1.06. The van der Waals surface area contributed by atoms with Gasteiger partial charge in [-0.25, -0.2) is 0 Å². The lowest BCUT2D eigenvalue weighted by atomic mass is 9.95. The number of hydrogen-bond acceptors (Lipinski definition) is 7. The zero-order chi connectivity index (χ0) is 17.2. The van der Waals surface area contributed by atoms with Crippen molar-refractivity contribution in [3.63, 3.8) is 0 Å². The van der Waals surface area contributed by atoms with Gasteiger partial charge in [0.05, 0.1) is 45.2 Å². The van der Waals surface area contributed by atoms with Gasteiger partial charge >= 0.3 is 0 Å². The van der Waals surface area contributed by atoms with E-state index < -0.39 is 5.41 Å². The Hall–Kier alpha value is -1.96. The monoisotopic (exact) mass is 314 g/mol. The van der Waals surface area contributed by atoms with Crippen molar-refractivity contribution in [3.05, 3.63) is 23.3 Å². The van der Waals surface area contributed by atoms with E-state index in [0.717, 1.165) is 0 Å². The van der Waals surface area contributed by atoms with Crippen LogP contribution in [0.5, 0.6) is 11.5 Å². The molecule has 0 amide bonds. The lowest BCUT2D eigenvalue weighted by Gasteiger charge is -2.20. The minimum Gasteiger partial charge on any atom is -0.496 e. The van der Waals surface area contributed by atoms with E-state index in [1.807, 2.05) is 0 Å². The first-order valence-electron chi connectivity index (χ1n) is 6.44. The van der Waals surface area contributed by atoms with Crippen LogP contribution in [-0.4, -0.2) is 61.9 Å². The Balaban J connectivity index is 0.000000472. The van der Waals surface area contributed by atoms with Gasteiger partial charge in [-0.2, -0.15) is 0 Å². The van der Waals surface area contributed by atoms with Gasteiger partial charge in [-0.1, -0.05) is 6.92 Å². The van der Waals surface area contributed by atoms with Crippen LogP contribution in [-0.2, 0) is 0 Å². The molecule has 0 unspecified atom stereocenters. The molecule has 0 atom stereocenters. The second-order valence-electron chi connectivity index (χ2n) is 4.82. The molecule has 0 heterocycles. The number of carbonyl (C=O) groups excluding carboxylic acids is 2. The first-order valence-corrected chi connectivity index (χ1v) is 6.44. The zero-order valence-electron chi connectivity index (χ0n) is 12.9. The normalized spacial score (nSPS) is 10.3. The maximum atomic E-state index is 10.7. The molecular formula is C15H22O7. The molecule has 0 aliphatic heterocycles. The third-order valence-corrected chi connectivity index (χ3v) is 3.03. The molecule has 0 radical (unpaired) electrons. The molecule has 0 aliphatic rings. The Kier molecular flexibility index (Phi) is 9.00. The fourth-order valence-electron chi connectivity index (χ4n) is 1.35. The van der Waals surface area contributed by atoms with Gasteiger partial charge in [0.1, 0.15) is 11.5 Å². The van der Waals surface area contributed by atoms with E-state index in [2.05, 4.69) is 0 Å². The van der Waals surface area contributed by atoms with Crippen LogP contribution in [0.25, 0.3) is 0 Å². The Morgan fingerprint density at radius 1 is 0.909 bits per heavy atom. The minimum absolute atomic E-state index is 0.181. The largest absolute Gasteiger partial charge is 0.496 e. The van der Waals surface area contributed by atoms with Crippen LogP contribution in [0, 0.1) is 5.41 Å². The van der Waals surface area contributed by atoms with Gasteiger partial charge in [0, 0.05) is 5.41 Å². The molecule has 0 aromatic heterocycles. The quantitative estimate of drug-likeness (QED) is 0.620. The molecule has 22 heavy (non-hydrogen) atoms. The van der Waals surface area contributed by atoms with Crippen molar-refractivity contribution in [1.29, 1.82) is 0 Å². The molecule has 0 saturated heterocycles. The van der Waals surface area contributed by atoms with Gasteiger partial charge < -0.3 is 24.8 Å². The van der Waals surface area contributed by atoms with Crippen molar-refractivity contribution in [2.24, 2.45) is 5.41 Å². The first-order chi connectivity index (χ1) is 10.5. The van der Waals surface area contributed by atoms with Gasteiger partial charge in [-0.05, 0) is 12.1 Å². The van der Waals surface area contributed by atoms with Crippen LogP contribution in [0.3, 0.4) is 0 Å². The van der Waals surface area contributed by atoms with E-state index in [1.54, 1.807) is 19.1 Å². The minimum atomic E-state index is -0.708. The van der Waals surface area contributed by atoms with Gasteiger partial charge in [0.25, 0.3) is 0 Å². The Labute approximate surface area is 129 Å². The fraction of sp³-hybridized carbons (Fsp3) is 0.467. The van der Waals surface area contributed by atoms with Crippen LogP contribution in [0.2, 0.25) is 0 Å². The number of aliphatic hydroxyl groups excluding tert-OH is 3. The number of aldehydes is 2. The summed E-state index contributed by atoms with van der Waals surface area (Å²) in [5, 5.41) is 25.4. The third kappa shape index (κ3) is 5.10. The molecule has 0 saturated carbocycles. The predicted octanol–water partition coefficient (Wildman–Crippen LogP) is 0.298. The maximum absolute atomic E-state index is 10.7. The van der Waals surface area contributed by atoms with Crippen molar-refractivity contribution < 1.29 is 34.4 Å². The lowest BCUT2D eigenvalue weighted by molar-refractivity contribution is 0.0200. The molecule has 0 bridgehead atoms. The van der Waals surface area contributed by atoms with Crippen molar-refractivity contribution >= 4 is 12.6 Å². The van der Waals surface area contributed by atoms with E-state index in [1.165, 1.54) is 14.2 Å². The highest BCUT2D eigenvalue weighted by molar-refractivity contribution is 5.95. The molecule has 1 aromatic carbocycles. The van der Waals surface area contributed by atoms with Gasteiger partial charge in [0.2, 0.25) is 0 Å². The zero-order valence-corrected chi connectivity index (χ0v) is 12.9. The highest BCUT2D eigenvalue weighted by atomic mass is 16.5. The summed E-state index contributed by atoms with van der Waals surface area (Å²) >= 11 is 0. The van der Waals surface area contributed by atoms with E-state index in [4.69, 9.17) is 24.8 Å². The molecule has 0 spiro atoms. The summed E-state index contributed by atoms with van der Waals surface area (Å²) in [5.41, 5.74) is -0.288. The van der Waals surface area contributed by atoms with Crippen LogP contribution < -0.4 is 9.47 Å². The summed E-state index contributed by atoms with van der Waals surface area (Å²) in [6.07, 6.45) is 1.15. The van der Waals surface area contributed by atoms with E-state index >= 15 is 0 Å². The Bertz CT molecular complexity index is 438. The average Bonchev–Trinajstić information content (AvgIpc) is 2.59. The molecule has 7 nitrogen and oxygen atoms in total. The van der Waals surface area contributed by atoms with Crippen LogP contribution in [0.1, 0.15) is 27.6 Å². The lowest BCUT2D eigenvalue weighted by Crippen LogP contribution is -2.29. The highest BCUT2D eigenvalue weighted by Gasteiger charge is 2.20. The van der Waals surface area contributed by atoms with Crippen LogP contribution in [0.15, 0.2) is 12.1 Å². The van der Waals surface area contributed by atoms with Crippen molar-refractivity contribution in [3.8, 4) is 11.5 Å². The smallest absolute Gasteiger partial charge is 0.154 e. The van der Waals surface area contributed by atoms with Crippen LogP contribution in [0.4, 0.5) is 0 Å². The molecule has 7 heteroatoms. The summed E-state index contributed by atoms with van der Waals surface area (Å²) in [4.78, 5) is 21.5. The predicted molar refractivity (Wildman–Crippen MR) is 79.7 cm³/mol. The summed E-state index contributed by atoms with van der Waals surface area (Å²) in [5.74, 6) is 0.728. The summed E-state index contributed by atoms with van der Waals surface area (Å²) in [7, 11) is 2.87. The molecule has 0 aliphatic carbocycles. The number of benzene rings is 1. The van der Waals surface area contributed by atoms with E-state index in [9.17, 15) is 9.59 Å². The second-order valence-corrected chi connectivity index (χ2v) is 4.82. The van der Waals surface area contributed by atoms with Gasteiger partial charge in [-0.15, -0.1) is 0 Å². The van der Waals surface area contributed by atoms with Crippen molar-refractivity contribution in [2.75, 3.05) is 34.0 Å². The number of carbonyl (C=O) groups is 2. The third-order valence-electron chi connectivity index (χ3n) is 3.03. The van der Waals surface area contributed by atoms with Crippen LogP contribution >= 0.6 is 0 Å². The summed E-state index contributed by atoms with van der Waals surface area (Å²) in [6, 6.07) is 3.16. The number of aliphatic hydroxyl groups is 3. The highest BCUT2D eigenvalue weighted by Crippen LogP contribution is 2.27. The van der Waals surface area contributed by atoms with Crippen molar-refractivity contribution in [1.82, 2.24) is 0 Å². The topological polar surface area (TPSA) is 113 Å². The second kappa shape index (κ2) is 9.88. The molecule has 124 valence electrons. The molecule has 0 fully saturated rings. The van der Waals surface area contributed by atoms with Gasteiger partial charge in [0.15, 0.2) is 12.6 Å². The number of hydrogen-bond donors (Lipinski definition) is 3. The maximum Gasteiger partial charge on any atom is 0.154 e. The number of rotatable bonds is 7. The first kappa shape index (κ1) is 20.0. The number of ether oxygens (including phenoxy) is 2. The average molecular weight is 314 g/mol. The van der Waals surface area contributed by atoms with E-state index in [-0.39, 0.29) is 30.9 Å². The molecule has 1 aromatic rings. The molecular weight excluding hydrogens is 292 g/mol. The fourth-order valence-corrected chi connectivity index (χ4v) is 1.35. The van der Waals surface area contributed by atoms with E-state index in [0.29, 0.717) is 24.1 Å². The standard InChI is InChI=1S/C10H10O4.C5H12O3/c1-13-9-3-4-10(14-2)8(6-12)7(9)5-11;1-5(2-6,3-7)4-8/h3-6H,1-2H3;6-8H,2-4H2,1H3. The SMILES string of the molecule is CC(CO)(CO)CO.COc1ccc(OC)c(C=O)c1C=O. The summed E-state index contributed by atoms with van der Waals surface area (Å²) < 4.78 is 9.87. The molecule has 1 rings (SSSR count). The number of methoxy groups -OCH3 is 2. The molecule has 3 N–H and O–H groups in total. The van der Waals surface area contributed by atoms with Crippen molar-refractivity contribution in [2.45, 2.75) is 6.92 Å². The Morgan fingerprint density at radius 3 is 1.36 bits per heavy atom. The Morgan fingerprint density at radius 2 is 1.23 bits per heavy atom.